The summed E-state index contributed by atoms with van der Waals surface area (Å²) in [7, 11) is 3.31. The molecule has 0 spiro atoms. The van der Waals surface area contributed by atoms with Crippen LogP contribution in [0.5, 0.6) is 17.2 Å². The molecule has 0 aromatic heterocycles. The van der Waals surface area contributed by atoms with Gasteiger partial charge in [0.15, 0.2) is 17.2 Å². The fourth-order valence-electron chi connectivity index (χ4n) is 3.22. The molecule has 1 heterocycles. The lowest BCUT2D eigenvalue weighted by Gasteiger charge is -2.26. The molecule has 4 rings (SSSR count). The van der Waals surface area contributed by atoms with Crippen LogP contribution in [0.25, 0.3) is 0 Å². The van der Waals surface area contributed by atoms with Gasteiger partial charge < -0.3 is 14.3 Å². The first-order valence-corrected chi connectivity index (χ1v) is 9.33. The smallest absolute Gasteiger partial charge is 0.161 e. The van der Waals surface area contributed by atoms with Crippen molar-refractivity contribution in [2.45, 2.75) is 6.04 Å². The molecule has 3 aromatic carbocycles. The van der Waals surface area contributed by atoms with Crippen LogP contribution in [0.4, 0.5) is 5.69 Å². The first-order valence-electron chi connectivity index (χ1n) is 8.25. The zero-order valence-corrected chi connectivity index (χ0v) is 16.6. The average Bonchev–Trinajstić information content (AvgIpc) is 3.08. The zero-order valence-electron chi connectivity index (χ0n) is 14.5. The van der Waals surface area contributed by atoms with E-state index in [1.54, 1.807) is 14.2 Å². The molecular formula is C21H18INO3. The van der Waals surface area contributed by atoms with E-state index >= 15 is 0 Å². The number of nitrogens with zero attached hydrogens (tertiary/aromatic N) is 1. The summed E-state index contributed by atoms with van der Waals surface area (Å²) >= 11 is 2.34. The summed E-state index contributed by atoms with van der Waals surface area (Å²) < 4.78 is 12.1. The first-order chi connectivity index (χ1) is 12.7. The predicted molar refractivity (Wildman–Crippen MR) is 110 cm³/mol. The second-order valence-corrected chi connectivity index (χ2v) is 7.08. The normalized spacial score (nSPS) is 15.3. The Morgan fingerprint density at radius 2 is 1.50 bits per heavy atom. The summed E-state index contributed by atoms with van der Waals surface area (Å²) in [5.74, 6) is 2.30. The minimum Gasteiger partial charge on any atom is -0.493 e. The van der Waals surface area contributed by atoms with Crippen molar-refractivity contribution in [1.29, 1.82) is 0 Å². The number of hydrogen-bond acceptors (Lipinski definition) is 4. The third-order valence-electron chi connectivity index (χ3n) is 4.45. The average molecular weight is 459 g/mol. The van der Waals surface area contributed by atoms with Gasteiger partial charge in [-0.15, -0.1) is 0 Å². The maximum atomic E-state index is 6.20. The molecule has 0 fully saturated rings. The van der Waals surface area contributed by atoms with Crippen molar-refractivity contribution in [2.75, 3.05) is 19.3 Å². The summed E-state index contributed by atoms with van der Waals surface area (Å²) in [6, 6.07) is 22.2. The van der Waals surface area contributed by atoms with Crippen LogP contribution in [-0.4, -0.2) is 14.2 Å². The van der Waals surface area contributed by atoms with E-state index in [-0.39, 0.29) is 6.04 Å². The third-order valence-corrected chi connectivity index (χ3v) is 5.39. The molecule has 1 aliphatic rings. The Morgan fingerprint density at radius 1 is 0.846 bits per heavy atom. The van der Waals surface area contributed by atoms with Crippen LogP contribution in [-0.2, 0) is 0 Å². The number of halogens is 1. The monoisotopic (exact) mass is 459 g/mol. The van der Waals surface area contributed by atoms with Gasteiger partial charge in [-0.25, -0.2) is 0 Å². The molecule has 1 atom stereocenters. The molecule has 0 saturated heterocycles. The van der Waals surface area contributed by atoms with E-state index in [0.717, 1.165) is 31.9 Å². The lowest BCUT2D eigenvalue weighted by molar-refractivity contribution is 0.292. The Balaban J connectivity index is 1.89. The molecular weight excluding hydrogens is 441 g/mol. The molecule has 0 radical (unpaired) electrons. The van der Waals surface area contributed by atoms with Crippen LogP contribution in [0.2, 0.25) is 0 Å². The Kier molecular flexibility index (Phi) is 4.63. The number of fused-ring (bicyclic) bond motifs is 1. The molecule has 132 valence electrons. The van der Waals surface area contributed by atoms with Crippen LogP contribution in [0, 0.1) is 3.57 Å². The summed E-state index contributed by atoms with van der Waals surface area (Å²) in [5.41, 5.74) is 3.23. The highest BCUT2D eigenvalue weighted by molar-refractivity contribution is 14.1. The number of methoxy groups -OCH3 is 2. The highest BCUT2D eigenvalue weighted by atomic mass is 127. The first kappa shape index (κ1) is 17.0. The molecule has 0 amide bonds. The van der Waals surface area contributed by atoms with Crippen LogP contribution in [0.3, 0.4) is 0 Å². The summed E-state index contributed by atoms with van der Waals surface area (Å²) in [6.07, 6.45) is 0. The number of ether oxygens (including phenoxy) is 2. The Hall–Kier alpha value is -2.41. The van der Waals surface area contributed by atoms with E-state index < -0.39 is 0 Å². The number of rotatable bonds is 4. The van der Waals surface area contributed by atoms with Crippen LogP contribution < -0.4 is 19.4 Å². The summed E-state index contributed by atoms with van der Waals surface area (Å²) in [4.78, 5) is 6.20. The molecule has 1 aliphatic heterocycles. The maximum Gasteiger partial charge on any atom is 0.161 e. The van der Waals surface area contributed by atoms with Gasteiger partial charge in [-0.1, -0.05) is 36.4 Å². The highest BCUT2D eigenvalue weighted by Crippen LogP contribution is 2.46. The van der Waals surface area contributed by atoms with Crippen molar-refractivity contribution in [3.05, 3.63) is 81.4 Å². The second kappa shape index (κ2) is 7.07. The molecule has 4 nitrogen and oxygen atoms in total. The van der Waals surface area contributed by atoms with E-state index in [0.29, 0.717) is 5.75 Å². The lowest BCUT2D eigenvalue weighted by Crippen LogP contribution is -2.27. The van der Waals surface area contributed by atoms with Crippen molar-refractivity contribution in [3.8, 4) is 17.2 Å². The Labute approximate surface area is 166 Å². The number of anilines is 1. The molecule has 0 bridgehead atoms. The van der Waals surface area contributed by atoms with Crippen molar-refractivity contribution in [1.82, 2.24) is 0 Å². The third kappa shape index (κ3) is 2.86. The number of hydrogen-bond donors (Lipinski definition) is 0. The number of benzene rings is 3. The zero-order chi connectivity index (χ0) is 18.1. The van der Waals surface area contributed by atoms with Gasteiger partial charge in [-0.2, -0.15) is 5.06 Å². The van der Waals surface area contributed by atoms with Crippen molar-refractivity contribution >= 4 is 28.3 Å². The molecule has 0 N–H and O–H groups in total. The molecule has 3 aromatic rings. The van der Waals surface area contributed by atoms with Gasteiger partial charge in [0.25, 0.3) is 0 Å². The SMILES string of the molecule is COc1cc(I)c(C2c3ccccc3ON2c2ccccc2)cc1OC. The maximum absolute atomic E-state index is 6.20. The van der Waals surface area contributed by atoms with Crippen molar-refractivity contribution < 1.29 is 14.3 Å². The van der Waals surface area contributed by atoms with Gasteiger partial charge >= 0.3 is 0 Å². The fourth-order valence-corrected chi connectivity index (χ4v) is 3.96. The summed E-state index contributed by atoms with van der Waals surface area (Å²) in [5, 5.41) is 1.95. The van der Waals surface area contributed by atoms with Gasteiger partial charge in [0.1, 0.15) is 6.04 Å². The van der Waals surface area contributed by atoms with Crippen LogP contribution in [0.1, 0.15) is 17.2 Å². The highest BCUT2D eigenvalue weighted by Gasteiger charge is 2.35. The molecule has 26 heavy (non-hydrogen) atoms. The van der Waals surface area contributed by atoms with E-state index in [1.165, 1.54) is 0 Å². The molecule has 1 unspecified atom stereocenters. The van der Waals surface area contributed by atoms with Crippen LogP contribution in [0.15, 0.2) is 66.7 Å². The predicted octanol–water partition coefficient (Wildman–Crippen LogP) is 5.21. The number of hydroxylamine groups is 1. The van der Waals surface area contributed by atoms with Gasteiger partial charge in [0.05, 0.1) is 19.9 Å². The topological polar surface area (TPSA) is 30.9 Å². The van der Waals surface area contributed by atoms with Crippen molar-refractivity contribution in [3.63, 3.8) is 0 Å². The lowest BCUT2D eigenvalue weighted by atomic mass is 9.97. The van der Waals surface area contributed by atoms with Crippen LogP contribution >= 0.6 is 22.6 Å². The van der Waals surface area contributed by atoms with E-state index in [1.807, 2.05) is 65.7 Å². The molecule has 0 aliphatic carbocycles. The van der Waals surface area contributed by atoms with E-state index in [9.17, 15) is 0 Å². The minimum absolute atomic E-state index is 0.0692. The van der Waals surface area contributed by atoms with Gasteiger partial charge in [0.2, 0.25) is 0 Å². The fraction of sp³-hybridized carbons (Fsp3) is 0.143. The second-order valence-electron chi connectivity index (χ2n) is 5.92. The standard InChI is InChI=1S/C21H18INO3/c1-24-19-12-16(17(22)13-20(19)25-2)21-15-10-6-7-11-18(15)26-23(21)14-8-4-3-5-9-14/h3-13,21H,1-2H3. The van der Waals surface area contributed by atoms with E-state index in [2.05, 4.69) is 28.7 Å². The Morgan fingerprint density at radius 3 is 2.23 bits per heavy atom. The van der Waals surface area contributed by atoms with Crippen molar-refractivity contribution in [2.24, 2.45) is 0 Å². The number of para-hydroxylation sites is 2. The quantitative estimate of drug-likeness (QED) is 0.502. The Bertz CT molecular complexity index is 930. The summed E-state index contributed by atoms with van der Waals surface area (Å²) in [6.45, 7) is 0. The van der Waals surface area contributed by atoms with Gasteiger partial charge in [0, 0.05) is 9.13 Å². The van der Waals surface area contributed by atoms with Gasteiger partial charge in [-0.05, 0) is 58.5 Å². The largest absolute Gasteiger partial charge is 0.493 e. The molecule has 5 heteroatoms. The molecule has 0 saturated carbocycles. The van der Waals surface area contributed by atoms with Gasteiger partial charge in [-0.3, -0.25) is 0 Å². The van der Waals surface area contributed by atoms with E-state index in [4.69, 9.17) is 14.3 Å². The minimum atomic E-state index is -0.0692.